The Kier molecular flexibility index (Phi) is 15.9. The first-order valence-corrected chi connectivity index (χ1v) is 16.4. The van der Waals surface area contributed by atoms with Crippen LogP contribution in [-0.2, 0) is 23.6 Å². The third kappa shape index (κ3) is 9.91. The molecule has 14 heteroatoms. The molecule has 0 fully saturated rings. The molecule has 0 radical (unpaired) electrons. The summed E-state index contributed by atoms with van der Waals surface area (Å²) in [5.41, 5.74) is -2.28. The fraction of sp³-hybridized carbons (Fsp3) is 0.486. The van der Waals surface area contributed by atoms with E-state index in [1.807, 2.05) is 13.8 Å². The van der Waals surface area contributed by atoms with Gasteiger partial charge in [0.1, 0.15) is 11.2 Å². The second kappa shape index (κ2) is 17.1. The van der Waals surface area contributed by atoms with E-state index in [4.69, 9.17) is 13.1 Å². The van der Waals surface area contributed by atoms with Crippen LogP contribution in [-0.4, -0.2) is 43.2 Å². The number of aromatic amines is 2. The van der Waals surface area contributed by atoms with Gasteiger partial charge in [-0.2, -0.15) is 49.9 Å². The Morgan fingerprint density at radius 1 is 0.653 bits per heavy atom. The number of aromatic nitrogens is 2. The van der Waals surface area contributed by atoms with Gasteiger partial charge in [0.15, 0.2) is 11.4 Å². The lowest BCUT2D eigenvalue weighted by Gasteiger charge is -2.22. The third-order valence-electron chi connectivity index (χ3n) is 7.45. The SMILES string of the molecule is C.C.C.[C-]#[N+]c1cc2c(C)c(C(C)(O)CSCC)[nH]c2cc1C(F)(F)F.[C-]#[N+]c1cc2c(C)c(C(C)(O)CSCC)[nH]c2cc1C(F)(F)F. The van der Waals surface area contributed by atoms with Crippen LogP contribution in [0.15, 0.2) is 24.3 Å². The molecule has 2 aromatic heterocycles. The number of rotatable bonds is 8. The number of hydrogen-bond acceptors (Lipinski definition) is 4. The van der Waals surface area contributed by atoms with Crippen molar-refractivity contribution in [3.63, 3.8) is 0 Å². The normalized spacial score (nSPS) is 13.8. The van der Waals surface area contributed by atoms with E-state index in [0.29, 0.717) is 44.8 Å². The molecular formula is C35H46F6N4O2S2. The number of fused-ring (bicyclic) bond motifs is 2. The Labute approximate surface area is 293 Å². The van der Waals surface area contributed by atoms with Crippen molar-refractivity contribution < 1.29 is 36.6 Å². The van der Waals surface area contributed by atoms with Crippen LogP contribution in [0.1, 0.15) is 83.6 Å². The third-order valence-corrected chi connectivity index (χ3v) is 9.80. The molecule has 49 heavy (non-hydrogen) atoms. The molecule has 272 valence electrons. The predicted molar refractivity (Wildman–Crippen MR) is 194 cm³/mol. The van der Waals surface area contributed by atoms with Gasteiger partial charge in [0.2, 0.25) is 0 Å². The number of nitrogens with zero attached hydrogens (tertiary/aromatic N) is 2. The first-order chi connectivity index (χ1) is 21.2. The Bertz CT molecular complexity index is 1680. The summed E-state index contributed by atoms with van der Waals surface area (Å²) >= 11 is 3.09. The largest absolute Gasteiger partial charge is 0.407 e. The molecule has 4 rings (SSSR count). The molecule has 6 nitrogen and oxygen atoms in total. The van der Waals surface area contributed by atoms with Crippen molar-refractivity contribution >= 4 is 56.7 Å². The van der Waals surface area contributed by atoms with E-state index in [1.54, 1.807) is 51.2 Å². The smallest absolute Gasteiger partial charge is 0.383 e. The van der Waals surface area contributed by atoms with Gasteiger partial charge in [0.25, 0.3) is 0 Å². The summed E-state index contributed by atoms with van der Waals surface area (Å²) in [6.45, 7) is 24.7. The van der Waals surface area contributed by atoms with Crippen LogP contribution in [0.5, 0.6) is 0 Å². The van der Waals surface area contributed by atoms with Crippen LogP contribution in [0.4, 0.5) is 37.7 Å². The number of hydrogen-bond donors (Lipinski definition) is 4. The highest BCUT2D eigenvalue weighted by molar-refractivity contribution is 7.99. The summed E-state index contributed by atoms with van der Waals surface area (Å²) < 4.78 is 78.4. The summed E-state index contributed by atoms with van der Waals surface area (Å²) in [6.07, 6.45) is -9.18. The molecule has 2 aromatic carbocycles. The molecule has 0 saturated carbocycles. The number of halogens is 6. The Morgan fingerprint density at radius 2 is 0.959 bits per heavy atom. The van der Waals surface area contributed by atoms with Crippen LogP contribution in [0, 0.1) is 27.0 Å². The second-order valence-corrected chi connectivity index (χ2v) is 13.7. The van der Waals surface area contributed by atoms with Crippen LogP contribution in [0.2, 0.25) is 0 Å². The Morgan fingerprint density at radius 3 is 1.20 bits per heavy atom. The van der Waals surface area contributed by atoms with Gasteiger partial charge in [-0.05, 0) is 85.4 Å². The van der Waals surface area contributed by atoms with Crippen LogP contribution in [0.25, 0.3) is 31.5 Å². The Balaban J connectivity index is 0.000000886. The predicted octanol–water partition coefficient (Wildman–Crippen LogP) is 11.9. The summed E-state index contributed by atoms with van der Waals surface area (Å²) in [7, 11) is 0. The van der Waals surface area contributed by atoms with Crippen molar-refractivity contribution in [2.45, 2.75) is 87.4 Å². The van der Waals surface area contributed by atoms with E-state index in [1.165, 1.54) is 12.1 Å². The fourth-order valence-corrected chi connectivity index (χ4v) is 6.68. The maximum absolute atomic E-state index is 13.1. The van der Waals surface area contributed by atoms with Gasteiger partial charge in [-0.1, -0.05) is 36.1 Å². The summed E-state index contributed by atoms with van der Waals surface area (Å²) in [6, 6.07) is 4.37. The monoisotopic (exact) mass is 732 g/mol. The number of alkyl halides is 6. The second-order valence-electron chi connectivity index (χ2n) is 11.1. The molecule has 0 aliphatic rings. The molecule has 0 bridgehead atoms. The number of benzene rings is 2. The zero-order chi connectivity index (χ0) is 34.8. The van der Waals surface area contributed by atoms with Crippen molar-refractivity contribution in [1.82, 2.24) is 9.97 Å². The molecule has 4 aromatic rings. The average Bonchev–Trinajstić information content (AvgIpc) is 3.49. The molecule has 2 heterocycles. The number of H-pyrrole nitrogens is 2. The van der Waals surface area contributed by atoms with Gasteiger partial charge in [-0.3, -0.25) is 0 Å². The van der Waals surface area contributed by atoms with Gasteiger partial charge in [0.05, 0.1) is 35.7 Å². The number of aliphatic hydroxyl groups is 2. The zero-order valence-corrected chi connectivity index (χ0v) is 27.6. The molecule has 2 unspecified atom stereocenters. The standard InChI is InChI=1S/2C16H17F3N2OS.3CH4/c2*1-5-23-8-15(3,22)14-9(2)10-6-13(20-4)11(16(17,18)19)7-12(10)21-14;;;/h2*6-7,21-22H,5,8H2,1-3H3;3*1H4. The number of aryl methyl sites for hydroxylation is 2. The molecule has 0 saturated heterocycles. The van der Waals surface area contributed by atoms with Crippen molar-refractivity contribution in [2.75, 3.05) is 23.0 Å². The topological polar surface area (TPSA) is 80.8 Å². The van der Waals surface area contributed by atoms with E-state index in [2.05, 4.69) is 19.7 Å². The molecule has 0 aliphatic heterocycles. The fourth-order valence-electron chi connectivity index (χ4n) is 5.19. The highest BCUT2D eigenvalue weighted by Crippen LogP contribution is 2.43. The van der Waals surface area contributed by atoms with Crippen LogP contribution < -0.4 is 0 Å². The maximum Gasteiger partial charge on any atom is 0.407 e. The van der Waals surface area contributed by atoms with Crippen LogP contribution >= 0.6 is 23.5 Å². The lowest BCUT2D eigenvalue weighted by Crippen LogP contribution is -2.26. The van der Waals surface area contributed by atoms with Crippen molar-refractivity contribution in [3.05, 3.63) is 80.7 Å². The molecule has 0 aliphatic carbocycles. The minimum Gasteiger partial charge on any atom is -0.383 e. The van der Waals surface area contributed by atoms with Gasteiger partial charge in [0, 0.05) is 22.5 Å². The van der Waals surface area contributed by atoms with E-state index in [-0.39, 0.29) is 33.3 Å². The first-order valence-electron chi connectivity index (χ1n) is 14.1. The van der Waals surface area contributed by atoms with E-state index >= 15 is 0 Å². The van der Waals surface area contributed by atoms with Gasteiger partial charge in [-0.15, -0.1) is 0 Å². The highest BCUT2D eigenvalue weighted by atomic mass is 32.2. The molecule has 2 atom stereocenters. The van der Waals surface area contributed by atoms with Gasteiger partial charge >= 0.3 is 12.4 Å². The quantitative estimate of drug-likeness (QED) is 0.107. The number of nitrogens with one attached hydrogen (secondary N) is 2. The van der Waals surface area contributed by atoms with E-state index in [0.717, 1.165) is 23.6 Å². The number of thioether (sulfide) groups is 2. The molecule has 4 N–H and O–H groups in total. The zero-order valence-electron chi connectivity index (χ0n) is 26.0. The molecular weight excluding hydrogens is 687 g/mol. The minimum absolute atomic E-state index is 0. The summed E-state index contributed by atoms with van der Waals surface area (Å²) in [5, 5.41) is 22.3. The lowest BCUT2D eigenvalue weighted by molar-refractivity contribution is -0.137. The van der Waals surface area contributed by atoms with Crippen molar-refractivity contribution in [2.24, 2.45) is 0 Å². The molecule has 0 spiro atoms. The summed E-state index contributed by atoms with van der Waals surface area (Å²) in [5.74, 6) is 2.52. The van der Waals surface area contributed by atoms with E-state index in [9.17, 15) is 36.6 Å². The van der Waals surface area contributed by atoms with Crippen LogP contribution in [0.3, 0.4) is 0 Å². The maximum atomic E-state index is 13.1. The van der Waals surface area contributed by atoms with Crippen molar-refractivity contribution in [1.29, 1.82) is 0 Å². The Hall–Kier alpha value is -3.30. The lowest BCUT2D eigenvalue weighted by atomic mass is 9.99. The minimum atomic E-state index is -4.59. The first kappa shape index (κ1) is 45.7. The summed E-state index contributed by atoms with van der Waals surface area (Å²) in [4.78, 5) is 11.8. The van der Waals surface area contributed by atoms with Gasteiger partial charge in [-0.25, -0.2) is 9.69 Å². The molecule has 0 amide bonds. The van der Waals surface area contributed by atoms with E-state index < -0.39 is 46.1 Å². The highest BCUT2D eigenvalue weighted by Gasteiger charge is 2.36. The van der Waals surface area contributed by atoms with Crippen molar-refractivity contribution in [3.8, 4) is 0 Å². The van der Waals surface area contributed by atoms with Gasteiger partial charge < -0.3 is 20.2 Å². The average molecular weight is 733 g/mol.